The Morgan fingerprint density at radius 2 is 1.60 bits per heavy atom. The first-order valence-corrected chi connectivity index (χ1v) is 11.4. The molecule has 0 unspecified atom stereocenters. The molecule has 0 aliphatic carbocycles. The first-order chi connectivity index (χ1) is 14.2. The molecule has 3 rings (SSSR count). The van der Waals surface area contributed by atoms with E-state index in [-0.39, 0.29) is 16.7 Å². The normalized spacial score (nSPS) is 15.6. The number of nitrogens with one attached hydrogen (secondary N) is 2. The highest BCUT2D eigenvalue weighted by Gasteiger charge is 2.28. The summed E-state index contributed by atoms with van der Waals surface area (Å²) in [6, 6.07) is 11.3. The highest BCUT2D eigenvalue weighted by atomic mass is 32.2. The van der Waals surface area contributed by atoms with Gasteiger partial charge >= 0.3 is 0 Å². The van der Waals surface area contributed by atoms with Crippen molar-refractivity contribution in [3.05, 3.63) is 53.6 Å². The first-order valence-electron chi connectivity index (χ1n) is 9.96. The number of aryl methyl sites for hydroxylation is 1. The van der Waals surface area contributed by atoms with Crippen molar-refractivity contribution >= 4 is 33.2 Å². The lowest BCUT2D eigenvalue weighted by atomic mass is 10.0. The van der Waals surface area contributed by atoms with Crippen LogP contribution in [-0.2, 0) is 14.8 Å². The summed E-state index contributed by atoms with van der Waals surface area (Å²) in [5.74, 6) is -0.0921. The van der Waals surface area contributed by atoms with Crippen molar-refractivity contribution < 1.29 is 18.0 Å². The summed E-state index contributed by atoms with van der Waals surface area (Å²) >= 11 is 0. The summed E-state index contributed by atoms with van der Waals surface area (Å²) in [6.45, 7) is 6.45. The van der Waals surface area contributed by atoms with Gasteiger partial charge in [0.2, 0.25) is 15.9 Å². The monoisotopic (exact) mass is 429 g/mol. The Labute approximate surface area is 177 Å². The molecule has 1 aliphatic rings. The Morgan fingerprint density at radius 1 is 0.967 bits per heavy atom. The van der Waals surface area contributed by atoms with E-state index in [9.17, 15) is 18.0 Å². The highest BCUT2D eigenvalue weighted by Crippen LogP contribution is 2.26. The zero-order chi connectivity index (χ0) is 21.9. The van der Waals surface area contributed by atoms with Crippen molar-refractivity contribution in [2.24, 2.45) is 5.92 Å². The molecule has 8 heteroatoms. The third-order valence-electron chi connectivity index (χ3n) is 5.23. The summed E-state index contributed by atoms with van der Waals surface area (Å²) in [7, 11) is -3.56. The average Bonchev–Trinajstić information content (AvgIpc) is 2.70. The fourth-order valence-corrected chi connectivity index (χ4v) is 4.88. The van der Waals surface area contributed by atoms with E-state index < -0.39 is 10.0 Å². The maximum Gasteiger partial charge on any atom is 0.255 e. The smallest absolute Gasteiger partial charge is 0.255 e. The third-order valence-corrected chi connectivity index (χ3v) is 7.14. The SMILES string of the molecule is CC(=O)Nc1ccc(C)cc1NC(=O)c1ccc(S(=O)(=O)N2CCC(C)CC2)cc1. The van der Waals surface area contributed by atoms with Gasteiger partial charge in [-0.05, 0) is 67.6 Å². The summed E-state index contributed by atoms with van der Waals surface area (Å²) < 4.78 is 27.2. The second-order valence-corrected chi connectivity index (χ2v) is 9.73. The van der Waals surface area contributed by atoms with Crippen LogP contribution in [0.15, 0.2) is 47.4 Å². The van der Waals surface area contributed by atoms with Crippen LogP contribution in [0.3, 0.4) is 0 Å². The number of hydrogen-bond acceptors (Lipinski definition) is 4. The average molecular weight is 430 g/mol. The van der Waals surface area contributed by atoms with Gasteiger partial charge in [0.25, 0.3) is 5.91 Å². The number of carbonyl (C=O) groups is 2. The number of rotatable bonds is 5. The minimum Gasteiger partial charge on any atom is -0.325 e. The number of carbonyl (C=O) groups excluding carboxylic acids is 2. The van der Waals surface area contributed by atoms with E-state index in [4.69, 9.17) is 0 Å². The predicted octanol–water partition coefficient (Wildman–Crippen LogP) is 3.63. The topological polar surface area (TPSA) is 95.6 Å². The zero-order valence-corrected chi connectivity index (χ0v) is 18.3. The van der Waals surface area contributed by atoms with Crippen molar-refractivity contribution in [3.8, 4) is 0 Å². The van der Waals surface area contributed by atoms with Crippen LogP contribution in [0.25, 0.3) is 0 Å². The van der Waals surface area contributed by atoms with Crippen LogP contribution in [0.4, 0.5) is 11.4 Å². The van der Waals surface area contributed by atoms with E-state index in [1.807, 2.05) is 13.0 Å². The first kappa shape index (κ1) is 22.0. The third kappa shape index (κ3) is 5.06. The van der Waals surface area contributed by atoms with Crippen molar-refractivity contribution in [2.75, 3.05) is 23.7 Å². The van der Waals surface area contributed by atoms with Crippen molar-refractivity contribution in [1.29, 1.82) is 0 Å². The lowest BCUT2D eigenvalue weighted by Gasteiger charge is -2.29. The van der Waals surface area contributed by atoms with Crippen LogP contribution in [0.1, 0.15) is 42.6 Å². The maximum atomic E-state index is 12.8. The Bertz CT molecular complexity index is 1040. The quantitative estimate of drug-likeness (QED) is 0.759. The van der Waals surface area contributed by atoms with E-state index >= 15 is 0 Å². The molecular weight excluding hydrogens is 402 g/mol. The van der Waals surface area contributed by atoms with E-state index in [1.165, 1.54) is 35.5 Å². The van der Waals surface area contributed by atoms with Crippen LogP contribution in [0.2, 0.25) is 0 Å². The molecule has 2 aromatic rings. The number of anilines is 2. The number of benzene rings is 2. The van der Waals surface area contributed by atoms with E-state index in [0.29, 0.717) is 35.9 Å². The Kier molecular flexibility index (Phi) is 6.58. The van der Waals surface area contributed by atoms with Gasteiger partial charge in [0, 0.05) is 25.6 Å². The summed E-state index contributed by atoms with van der Waals surface area (Å²) in [5, 5.41) is 5.47. The molecule has 2 aromatic carbocycles. The minimum absolute atomic E-state index is 0.183. The lowest BCUT2D eigenvalue weighted by molar-refractivity contribution is -0.114. The van der Waals surface area contributed by atoms with Crippen LogP contribution < -0.4 is 10.6 Å². The van der Waals surface area contributed by atoms with Gasteiger partial charge in [0.1, 0.15) is 0 Å². The van der Waals surface area contributed by atoms with Crippen molar-refractivity contribution in [1.82, 2.24) is 4.31 Å². The van der Waals surface area contributed by atoms with Gasteiger partial charge in [-0.2, -0.15) is 4.31 Å². The Balaban J connectivity index is 1.76. The number of hydrogen-bond donors (Lipinski definition) is 2. The molecule has 1 fully saturated rings. The fourth-order valence-electron chi connectivity index (χ4n) is 3.41. The van der Waals surface area contributed by atoms with E-state index in [0.717, 1.165) is 18.4 Å². The van der Waals surface area contributed by atoms with Gasteiger partial charge in [-0.25, -0.2) is 8.42 Å². The zero-order valence-electron chi connectivity index (χ0n) is 17.4. The molecule has 0 radical (unpaired) electrons. The van der Waals surface area contributed by atoms with Gasteiger partial charge in [0.05, 0.1) is 16.3 Å². The second-order valence-electron chi connectivity index (χ2n) is 7.80. The molecule has 1 aliphatic heterocycles. The molecule has 0 atom stereocenters. The molecule has 30 heavy (non-hydrogen) atoms. The maximum absolute atomic E-state index is 12.8. The lowest BCUT2D eigenvalue weighted by Crippen LogP contribution is -2.37. The van der Waals surface area contributed by atoms with Crippen LogP contribution in [-0.4, -0.2) is 37.6 Å². The van der Waals surface area contributed by atoms with E-state index in [1.54, 1.807) is 12.1 Å². The number of sulfonamides is 1. The van der Waals surface area contributed by atoms with Crippen molar-refractivity contribution in [3.63, 3.8) is 0 Å². The summed E-state index contributed by atoms with van der Waals surface area (Å²) in [5.41, 5.74) is 2.24. The fraction of sp³-hybridized carbons (Fsp3) is 0.364. The number of nitrogens with zero attached hydrogens (tertiary/aromatic N) is 1. The summed E-state index contributed by atoms with van der Waals surface area (Å²) in [6.07, 6.45) is 1.71. The molecule has 1 saturated heterocycles. The molecule has 1 heterocycles. The van der Waals surface area contributed by atoms with Gasteiger partial charge in [-0.1, -0.05) is 13.0 Å². The Morgan fingerprint density at radius 3 is 2.20 bits per heavy atom. The standard InChI is InChI=1S/C22H27N3O4S/c1-15-10-12-25(13-11-15)30(28,29)19-7-5-18(6-8-19)22(27)24-21-14-16(2)4-9-20(21)23-17(3)26/h4-9,14-15H,10-13H2,1-3H3,(H,23,26)(H,24,27). The second kappa shape index (κ2) is 8.97. The molecule has 7 nitrogen and oxygen atoms in total. The highest BCUT2D eigenvalue weighted by molar-refractivity contribution is 7.89. The molecule has 2 amide bonds. The van der Waals surface area contributed by atoms with Crippen LogP contribution in [0.5, 0.6) is 0 Å². The molecular formula is C22H27N3O4S. The van der Waals surface area contributed by atoms with Gasteiger partial charge < -0.3 is 10.6 Å². The molecule has 0 aromatic heterocycles. The molecule has 2 N–H and O–H groups in total. The molecule has 0 spiro atoms. The summed E-state index contributed by atoms with van der Waals surface area (Å²) in [4.78, 5) is 24.3. The van der Waals surface area contributed by atoms with Crippen LogP contribution >= 0.6 is 0 Å². The molecule has 0 saturated carbocycles. The van der Waals surface area contributed by atoms with E-state index in [2.05, 4.69) is 17.6 Å². The predicted molar refractivity (Wildman–Crippen MR) is 117 cm³/mol. The van der Waals surface area contributed by atoms with Gasteiger partial charge in [0.15, 0.2) is 0 Å². The minimum atomic E-state index is -3.56. The molecule has 0 bridgehead atoms. The Hall–Kier alpha value is -2.71. The van der Waals surface area contributed by atoms with Crippen LogP contribution in [0, 0.1) is 12.8 Å². The molecule has 160 valence electrons. The van der Waals surface area contributed by atoms with Gasteiger partial charge in [-0.15, -0.1) is 0 Å². The number of piperidine rings is 1. The van der Waals surface area contributed by atoms with Crippen molar-refractivity contribution in [2.45, 2.75) is 38.5 Å². The van der Waals surface area contributed by atoms with Gasteiger partial charge in [-0.3, -0.25) is 9.59 Å². The number of amides is 2. The largest absolute Gasteiger partial charge is 0.325 e.